The molecule has 0 atom stereocenters. The summed E-state index contributed by atoms with van der Waals surface area (Å²) in [6.07, 6.45) is -1.89. The molecule has 3 aromatic heterocycles. The minimum absolute atomic E-state index is 0.0615. The molecular formula is C23H19F6N7O3S. The lowest BCUT2D eigenvalue weighted by atomic mass is 9.77. The number of amides is 1. The number of aromatic nitrogens is 4. The average molecular weight is 588 g/mol. The SMILES string of the molecule is Cc1c(C(=O)Nc2ccc(C3(C#N)CCN(S(=O)(=O)C(F)(F)F)CC3)nc2)cnn1-c1ccc(C(F)(F)F)cn1. The Bertz CT molecular complexity index is 1550. The van der Waals surface area contributed by atoms with Gasteiger partial charge in [0.1, 0.15) is 5.41 Å². The molecule has 10 nitrogen and oxygen atoms in total. The lowest BCUT2D eigenvalue weighted by molar-refractivity contribution is -0.137. The molecule has 1 amide bonds. The van der Waals surface area contributed by atoms with Crippen molar-refractivity contribution in [3.63, 3.8) is 0 Å². The number of nitrogens with zero attached hydrogens (tertiary/aromatic N) is 6. The van der Waals surface area contributed by atoms with E-state index in [4.69, 9.17) is 0 Å². The minimum atomic E-state index is -5.51. The number of rotatable bonds is 5. The molecule has 0 spiro atoms. The van der Waals surface area contributed by atoms with Crippen molar-refractivity contribution in [3.05, 3.63) is 65.4 Å². The van der Waals surface area contributed by atoms with Crippen molar-refractivity contribution in [2.45, 2.75) is 36.9 Å². The normalized spacial score (nSPS) is 16.4. The summed E-state index contributed by atoms with van der Waals surface area (Å²) >= 11 is 0. The van der Waals surface area contributed by atoms with E-state index in [1.165, 1.54) is 36.1 Å². The van der Waals surface area contributed by atoms with Crippen LogP contribution < -0.4 is 5.32 Å². The zero-order chi connectivity index (χ0) is 29.5. The molecule has 40 heavy (non-hydrogen) atoms. The van der Waals surface area contributed by atoms with Gasteiger partial charge in [-0.25, -0.2) is 18.1 Å². The topological polar surface area (TPSA) is 134 Å². The van der Waals surface area contributed by atoms with E-state index < -0.39 is 51.7 Å². The molecule has 1 aliphatic heterocycles. The Balaban J connectivity index is 1.46. The van der Waals surface area contributed by atoms with Crippen LogP contribution in [-0.2, 0) is 21.6 Å². The number of carbonyl (C=O) groups excluding carboxylic acids is 1. The number of nitriles is 1. The van der Waals surface area contributed by atoms with Gasteiger partial charge in [0.2, 0.25) is 0 Å². The maximum absolute atomic E-state index is 12.9. The highest BCUT2D eigenvalue weighted by Crippen LogP contribution is 2.37. The fourth-order valence-corrected chi connectivity index (χ4v) is 5.13. The molecular weight excluding hydrogens is 568 g/mol. The number of piperidine rings is 1. The van der Waals surface area contributed by atoms with Crippen LogP contribution in [0.15, 0.2) is 42.9 Å². The van der Waals surface area contributed by atoms with E-state index >= 15 is 0 Å². The summed E-state index contributed by atoms with van der Waals surface area (Å²) in [6, 6.07) is 6.82. The van der Waals surface area contributed by atoms with Gasteiger partial charge in [-0.15, -0.1) is 0 Å². The largest absolute Gasteiger partial charge is 0.511 e. The molecule has 0 aromatic carbocycles. The van der Waals surface area contributed by atoms with Gasteiger partial charge in [-0.3, -0.25) is 9.78 Å². The zero-order valence-electron chi connectivity index (χ0n) is 20.5. The maximum atomic E-state index is 12.9. The van der Waals surface area contributed by atoms with E-state index in [1.54, 1.807) is 0 Å². The maximum Gasteiger partial charge on any atom is 0.511 e. The summed E-state index contributed by atoms with van der Waals surface area (Å²) in [5.74, 6) is -0.558. The van der Waals surface area contributed by atoms with Gasteiger partial charge in [-0.2, -0.15) is 41.0 Å². The van der Waals surface area contributed by atoms with Gasteiger partial charge in [0.25, 0.3) is 5.91 Å². The van der Waals surface area contributed by atoms with E-state index in [-0.39, 0.29) is 35.6 Å². The van der Waals surface area contributed by atoms with Gasteiger partial charge < -0.3 is 5.32 Å². The van der Waals surface area contributed by atoms with Gasteiger partial charge >= 0.3 is 21.7 Å². The van der Waals surface area contributed by atoms with E-state index in [0.717, 1.165) is 12.1 Å². The number of pyridine rings is 2. The Kier molecular flexibility index (Phi) is 7.36. The van der Waals surface area contributed by atoms with Crippen molar-refractivity contribution < 1.29 is 39.6 Å². The number of anilines is 1. The molecule has 1 fully saturated rings. The fourth-order valence-electron chi connectivity index (χ4n) is 4.17. The lowest BCUT2D eigenvalue weighted by Gasteiger charge is -2.36. The Morgan fingerprint density at radius 3 is 2.20 bits per heavy atom. The molecule has 0 saturated carbocycles. The summed E-state index contributed by atoms with van der Waals surface area (Å²) in [5.41, 5.74) is -6.91. The van der Waals surface area contributed by atoms with Crippen molar-refractivity contribution in [3.8, 4) is 11.9 Å². The van der Waals surface area contributed by atoms with Crippen LogP contribution in [0.4, 0.5) is 32.0 Å². The highest BCUT2D eigenvalue weighted by Gasteiger charge is 2.52. The fraction of sp³-hybridized carbons (Fsp3) is 0.348. The van der Waals surface area contributed by atoms with Gasteiger partial charge in [0.15, 0.2) is 5.82 Å². The van der Waals surface area contributed by atoms with E-state index in [2.05, 4.69) is 20.4 Å². The van der Waals surface area contributed by atoms with Crippen LogP contribution in [0, 0.1) is 18.3 Å². The molecule has 0 radical (unpaired) electrons. The summed E-state index contributed by atoms with van der Waals surface area (Å²) in [6.45, 7) is 0.476. The summed E-state index contributed by atoms with van der Waals surface area (Å²) in [4.78, 5) is 20.7. The van der Waals surface area contributed by atoms with Crippen molar-refractivity contribution in [1.82, 2.24) is 24.1 Å². The first-order valence-electron chi connectivity index (χ1n) is 11.4. The van der Waals surface area contributed by atoms with Crippen molar-refractivity contribution >= 4 is 21.6 Å². The Morgan fingerprint density at radius 2 is 1.70 bits per heavy atom. The van der Waals surface area contributed by atoms with Gasteiger partial charge in [-0.1, -0.05) is 0 Å². The van der Waals surface area contributed by atoms with Crippen LogP contribution in [0.3, 0.4) is 0 Å². The second kappa shape index (κ2) is 10.2. The first-order valence-corrected chi connectivity index (χ1v) is 12.9. The predicted molar refractivity (Wildman–Crippen MR) is 126 cm³/mol. The third-order valence-electron chi connectivity index (χ3n) is 6.48. The molecule has 0 aliphatic carbocycles. The third-order valence-corrected chi connectivity index (χ3v) is 8.11. The number of alkyl halides is 6. The van der Waals surface area contributed by atoms with Gasteiger partial charge in [0, 0.05) is 19.3 Å². The van der Waals surface area contributed by atoms with E-state index in [1.807, 2.05) is 6.07 Å². The summed E-state index contributed by atoms with van der Waals surface area (Å²) in [7, 11) is -5.51. The average Bonchev–Trinajstić information content (AvgIpc) is 3.29. The minimum Gasteiger partial charge on any atom is -0.320 e. The third kappa shape index (κ3) is 5.36. The molecule has 1 saturated heterocycles. The number of halogens is 6. The lowest BCUT2D eigenvalue weighted by Crippen LogP contribution is -2.48. The van der Waals surface area contributed by atoms with E-state index in [9.17, 15) is 44.8 Å². The molecule has 0 unspecified atom stereocenters. The highest BCUT2D eigenvalue weighted by atomic mass is 32.2. The number of hydrogen-bond acceptors (Lipinski definition) is 7. The van der Waals surface area contributed by atoms with Crippen LogP contribution in [0.2, 0.25) is 0 Å². The molecule has 1 aliphatic rings. The monoisotopic (exact) mass is 587 g/mol. The predicted octanol–water partition coefficient (Wildman–Crippen LogP) is 3.95. The van der Waals surface area contributed by atoms with Crippen molar-refractivity contribution in [2.24, 2.45) is 0 Å². The van der Waals surface area contributed by atoms with Crippen molar-refractivity contribution in [2.75, 3.05) is 18.4 Å². The molecule has 0 bridgehead atoms. The second-order valence-electron chi connectivity index (χ2n) is 8.89. The van der Waals surface area contributed by atoms with Gasteiger partial charge in [0.05, 0.1) is 46.7 Å². The zero-order valence-corrected chi connectivity index (χ0v) is 21.3. The van der Waals surface area contributed by atoms with Crippen LogP contribution >= 0.6 is 0 Å². The molecule has 4 heterocycles. The molecule has 212 valence electrons. The molecule has 3 aromatic rings. The van der Waals surface area contributed by atoms with Gasteiger partial charge in [-0.05, 0) is 44.0 Å². The summed E-state index contributed by atoms with van der Waals surface area (Å²) < 4.78 is 102. The summed E-state index contributed by atoms with van der Waals surface area (Å²) in [5, 5.41) is 16.4. The number of nitrogens with one attached hydrogen (secondary N) is 1. The number of hydrogen-bond donors (Lipinski definition) is 1. The van der Waals surface area contributed by atoms with E-state index in [0.29, 0.717) is 16.2 Å². The quantitative estimate of drug-likeness (QED) is 0.447. The first-order chi connectivity index (χ1) is 18.6. The smallest absolute Gasteiger partial charge is 0.320 e. The molecule has 1 N–H and O–H groups in total. The van der Waals surface area contributed by atoms with Crippen LogP contribution in [0.1, 0.15) is 40.2 Å². The molecule has 4 rings (SSSR count). The Morgan fingerprint density at radius 1 is 1.02 bits per heavy atom. The van der Waals surface area contributed by atoms with Crippen molar-refractivity contribution in [1.29, 1.82) is 5.26 Å². The van der Waals surface area contributed by atoms with Crippen LogP contribution in [-0.4, -0.2) is 57.0 Å². The number of sulfonamides is 1. The standard InChI is InChI=1S/C23H19F6N7O3S/c1-14-17(12-33-36(14)19-5-2-15(10-32-19)22(24,25)26)20(37)34-16-3-4-18(31-11-16)21(13-30)6-8-35(9-7-21)40(38,39)23(27,28)29/h2-5,10-12H,6-9H2,1H3,(H,34,37). The first kappa shape index (κ1) is 29.0. The molecule has 17 heteroatoms. The van der Waals surface area contributed by atoms with Crippen LogP contribution in [0.25, 0.3) is 5.82 Å². The second-order valence-corrected chi connectivity index (χ2v) is 10.8. The van der Waals surface area contributed by atoms with Crippen LogP contribution in [0.5, 0.6) is 0 Å². The number of carbonyl (C=O) groups is 1. The Hall–Kier alpha value is -4.04. The highest BCUT2D eigenvalue weighted by molar-refractivity contribution is 7.90. The Labute approximate surface area is 223 Å².